The number of aryl methyl sites for hydroxylation is 1. The monoisotopic (exact) mass is 239 g/mol. The zero-order valence-electron chi connectivity index (χ0n) is 10.1. The molecule has 2 rings (SSSR count). The highest BCUT2D eigenvalue weighted by atomic mass is 32.2. The predicted octanol–water partition coefficient (Wildman–Crippen LogP) is 1.84. The van der Waals surface area contributed by atoms with E-state index in [-0.39, 0.29) is 0 Å². The molecule has 1 heterocycles. The number of nitrogens with one attached hydrogen (secondary N) is 1. The van der Waals surface area contributed by atoms with E-state index in [9.17, 15) is 0 Å². The maximum absolute atomic E-state index is 4.33. The first-order valence-corrected chi connectivity index (χ1v) is 7.30. The lowest BCUT2D eigenvalue weighted by Crippen LogP contribution is -2.29. The van der Waals surface area contributed by atoms with Crippen molar-refractivity contribution in [1.82, 2.24) is 14.9 Å². The Morgan fingerprint density at radius 3 is 3.06 bits per heavy atom. The SMILES string of the molecule is CSC1CCC(NCCc2nccn2C)C1. The molecule has 1 aliphatic carbocycles. The molecule has 0 aliphatic heterocycles. The van der Waals surface area contributed by atoms with E-state index in [1.165, 1.54) is 25.1 Å². The van der Waals surface area contributed by atoms with Crippen LogP contribution in [0.1, 0.15) is 25.1 Å². The van der Waals surface area contributed by atoms with Crippen LogP contribution in [0, 0.1) is 0 Å². The van der Waals surface area contributed by atoms with Crippen LogP contribution in [-0.2, 0) is 13.5 Å². The molecule has 0 saturated heterocycles. The lowest BCUT2D eigenvalue weighted by Gasteiger charge is -2.12. The molecule has 1 aromatic rings. The number of hydrogen-bond acceptors (Lipinski definition) is 3. The molecular weight excluding hydrogens is 218 g/mol. The Hall–Kier alpha value is -0.480. The summed E-state index contributed by atoms with van der Waals surface area (Å²) in [5.74, 6) is 1.17. The van der Waals surface area contributed by atoms with E-state index in [1.807, 2.05) is 24.2 Å². The lowest BCUT2D eigenvalue weighted by atomic mass is 10.2. The Balaban J connectivity index is 1.67. The molecule has 2 atom stereocenters. The van der Waals surface area contributed by atoms with Crippen molar-refractivity contribution < 1.29 is 0 Å². The zero-order chi connectivity index (χ0) is 11.4. The minimum atomic E-state index is 0.734. The summed E-state index contributed by atoms with van der Waals surface area (Å²) in [5.41, 5.74) is 0. The summed E-state index contributed by atoms with van der Waals surface area (Å²) in [4.78, 5) is 4.33. The third-order valence-electron chi connectivity index (χ3n) is 3.42. The van der Waals surface area contributed by atoms with E-state index in [0.29, 0.717) is 0 Å². The van der Waals surface area contributed by atoms with Crippen molar-refractivity contribution in [2.24, 2.45) is 7.05 Å². The fourth-order valence-electron chi connectivity index (χ4n) is 2.37. The van der Waals surface area contributed by atoms with E-state index >= 15 is 0 Å². The third-order valence-corrected chi connectivity index (χ3v) is 4.52. The Labute approximate surface area is 102 Å². The summed E-state index contributed by atoms with van der Waals surface area (Å²) in [7, 11) is 2.06. The van der Waals surface area contributed by atoms with Gasteiger partial charge in [-0.05, 0) is 25.5 Å². The highest BCUT2D eigenvalue weighted by Gasteiger charge is 2.22. The number of thioether (sulfide) groups is 1. The zero-order valence-corrected chi connectivity index (χ0v) is 11.0. The molecule has 1 aromatic heterocycles. The van der Waals surface area contributed by atoms with Gasteiger partial charge in [0.2, 0.25) is 0 Å². The number of aromatic nitrogens is 2. The minimum Gasteiger partial charge on any atom is -0.338 e. The van der Waals surface area contributed by atoms with E-state index in [1.54, 1.807) is 0 Å². The van der Waals surface area contributed by atoms with Crippen molar-refractivity contribution in [3.05, 3.63) is 18.2 Å². The highest BCUT2D eigenvalue weighted by molar-refractivity contribution is 7.99. The van der Waals surface area contributed by atoms with Gasteiger partial charge in [-0.1, -0.05) is 0 Å². The maximum Gasteiger partial charge on any atom is 0.109 e. The first-order chi connectivity index (χ1) is 7.79. The second kappa shape index (κ2) is 5.73. The molecule has 2 unspecified atom stereocenters. The van der Waals surface area contributed by atoms with Crippen LogP contribution in [0.25, 0.3) is 0 Å². The molecular formula is C12H21N3S. The third kappa shape index (κ3) is 3.01. The van der Waals surface area contributed by atoms with Gasteiger partial charge in [0.25, 0.3) is 0 Å². The van der Waals surface area contributed by atoms with Crippen LogP contribution < -0.4 is 5.32 Å². The van der Waals surface area contributed by atoms with Crippen molar-refractivity contribution in [1.29, 1.82) is 0 Å². The van der Waals surface area contributed by atoms with Crippen LogP contribution >= 0.6 is 11.8 Å². The average molecular weight is 239 g/mol. The van der Waals surface area contributed by atoms with Crippen molar-refractivity contribution in [3.63, 3.8) is 0 Å². The van der Waals surface area contributed by atoms with Gasteiger partial charge in [0.1, 0.15) is 5.82 Å². The van der Waals surface area contributed by atoms with E-state index in [2.05, 4.69) is 28.2 Å². The fourth-order valence-corrected chi connectivity index (χ4v) is 3.16. The van der Waals surface area contributed by atoms with Gasteiger partial charge in [-0.2, -0.15) is 11.8 Å². The first-order valence-electron chi connectivity index (χ1n) is 6.02. The second-order valence-corrected chi connectivity index (χ2v) is 5.66. The Morgan fingerprint density at radius 1 is 1.56 bits per heavy atom. The quantitative estimate of drug-likeness (QED) is 0.850. The molecule has 1 saturated carbocycles. The van der Waals surface area contributed by atoms with Crippen molar-refractivity contribution in [2.45, 2.75) is 37.0 Å². The molecule has 16 heavy (non-hydrogen) atoms. The molecule has 0 spiro atoms. The lowest BCUT2D eigenvalue weighted by molar-refractivity contribution is 0.521. The standard InChI is InChI=1S/C12H21N3S/c1-15-8-7-14-12(15)5-6-13-10-3-4-11(9-10)16-2/h7-8,10-11,13H,3-6,9H2,1-2H3. The fraction of sp³-hybridized carbons (Fsp3) is 0.750. The molecule has 90 valence electrons. The van der Waals surface area contributed by atoms with Crippen LogP contribution in [0.4, 0.5) is 0 Å². The second-order valence-electron chi connectivity index (χ2n) is 4.53. The van der Waals surface area contributed by atoms with E-state index in [4.69, 9.17) is 0 Å². The topological polar surface area (TPSA) is 29.9 Å². The van der Waals surface area contributed by atoms with Crippen LogP contribution in [0.3, 0.4) is 0 Å². The van der Waals surface area contributed by atoms with E-state index < -0.39 is 0 Å². The minimum absolute atomic E-state index is 0.734. The largest absolute Gasteiger partial charge is 0.338 e. The number of rotatable bonds is 5. The molecule has 0 amide bonds. The molecule has 1 N–H and O–H groups in total. The Kier molecular flexibility index (Phi) is 4.29. The van der Waals surface area contributed by atoms with Crippen LogP contribution in [0.2, 0.25) is 0 Å². The Bertz CT molecular complexity index is 324. The number of nitrogens with zero attached hydrogens (tertiary/aromatic N) is 2. The van der Waals surface area contributed by atoms with Gasteiger partial charge in [-0.25, -0.2) is 4.98 Å². The molecule has 3 nitrogen and oxygen atoms in total. The van der Waals surface area contributed by atoms with Gasteiger partial charge < -0.3 is 9.88 Å². The van der Waals surface area contributed by atoms with Gasteiger partial charge in [0, 0.05) is 43.7 Å². The normalized spacial score (nSPS) is 25.1. The van der Waals surface area contributed by atoms with Gasteiger partial charge in [0.15, 0.2) is 0 Å². The summed E-state index contributed by atoms with van der Waals surface area (Å²) in [6.07, 6.45) is 11.2. The van der Waals surface area contributed by atoms with Gasteiger partial charge in [0.05, 0.1) is 0 Å². The van der Waals surface area contributed by atoms with Crippen molar-refractivity contribution >= 4 is 11.8 Å². The number of imidazole rings is 1. The summed E-state index contributed by atoms with van der Waals surface area (Å²) in [6.45, 7) is 1.05. The smallest absolute Gasteiger partial charge is 0.109 e. The molecule has 0 bridgehead atoms. The van der Waals surface area contributed by atoms with E-state index in [0.717, 1.165) is 24.3 Å². The van der Waals surface area contributed by atoms with Gasteiger partial charge in [-0.15, -0.1) is 0 Å². The molecule has 4 heteroatoms. The first kappa shape index (κ1) is 12.0. The van der Waals surface area contributed by atoms with Crippen LogP contribution in [-0.4, -0.2) is 33.6 Å². The van der Waals surface area contributed by atoms with Crippen molar-refractivity contribution in [2.75, 3.05) is 12.8 Å². The predicted molar refractivity (Wildman–Crippen MR) is 69.9 cm³/mol. The summed E-state index contributed by atoms with van der Waals surface area (Å²) in [6, 6.07) is 0.734. The Morgan fingerprint density at radius 2 is 2.44 bits per heavy atom. The summed E-state index contributed by atoms with van der Waals surface area (Å²) < 4.78 is 2.10. The van der Waals surface area contributed by atoms with Crippen LogP contribution in [0.15, 0.2) is 12.4 Å². The maximum atomic E-state index is 4.33. The highest BCUT2D eigenvalue weighted by Crippen LogP contribution is 2.27. The van der Waals surface area contributed by atoms with Crippen LogP contribution in [0.5, 0.6) is 0 Å². The number of hydrogen-bond donors (Lipinski definition) is 1. The average Bonchev–Trinajstić information content (AvgIpc) is 2.89. The van der Waals surface area contributed by atoms with Gasteiger partial charge >= 0.3 is 0 Å². The van der Waals surface area contributed by atoms with Crippen molar-refractivity contribution in [3.8, 4) is 0 Å². The van der Waals surface area contributed by atoms with Gasteiger partial charge in [-0.3, -0.25) is 0 Å². The molecule has 1 aliphatic rings. The molecule has 0 aromatic carbocycles. The summed E-state index contributed by atoms with van der Waals surface area (Å²) in [5, 5.41) is 4.52. The molecule has 0 radical (unpaired) electrons. The molecule has 1 fully saturated rings. The summed E-state index contributed by atoms with van der Waals surface area (Å²) >= 11 is 2.01.